The maximum Gasteiger partial charge on any atom is 0.309 e. The van der Waals surface area contributed by atoms with Gasteiger partial charge in [-0.1, -0.05) is 13.8 Å². The predicted molar refractivity (Wildman–Crippen MR) is 63.2 cm³/mol. The SMILES string of the molecule is CCOC(=O)C1CCCC(OC)(C(C)C)C1. The number of rotatable bonds is 4. The van der Waals surface area contributed by atoms with Gasteiger partial charge in [-0.05, 0) is 38.5 Å². The quantitative estimate of drug-likeness (QED) is 0.694. The van der Waals surface area contributed by atoms with Gasteiger partial charge in [0.05, 0.1) is 18.1 Å². The minimum Gasteiger partial charge on any atom is -0.466 e. The number of esters is 1. The van der Waals surface area contributed by atoms with Gasteiger partial charge in [-0.25, -0.2) is 0 Å². The van der Waals surface area contributed by atoms with Gasteiger partial charge in [0.2, 0.25) is 0 Å². The highest BCUT2D eigenvalue weighted by molar-refractivity contribution is 5.72. The van der Waals surface area contributed by atoms with Crippen molar-refractivity contribution in [1.82, 2.24) is 0 Å². The van der Waals surface area contributed by atoms with Crippen LogP contribution < -0.4 is 0 Å². The Labute approximate surface area is 98.5 Å². The highest BCUT2D eigenvalue weighted by Crippen LogP contribution is 2.40. The Bertz CT molecular complexity index is 237. The molecule has 94 valence electrons. The molecule has 0 saturated heterocycles. The van der Waals surface area contributed by atoms with Crippen LogP contribution in [0, 0.1) is 11.8 Å². The minimum atomic E-state index is -0.129. The molecule has 1 aliphatic rings. The lowest BCUT2D eigenvalue weighted by Gasteiger charge is -2.42. The molecule has 0 aliphatic heterocycles. The monoisotopic (exact) mass is 228 g/mol. The third-order valence-corrected chi connectivity index (χ3v) is 3.82. The molecule has 0 aromatic rings. The van der Waals surface area contributed by atoms with Gasteiger partial charge in [0.25, 0.3) is 0 Å². The molecule has 3 heteroatoms. The zero-order valence-corrected chi connectivity index (χ0v) is 10.9. The summed E-state index contributed by atoms with van der Waals surface area (Å²) in [5.41, 5.74) is -0.129. The van der Waals surface area contributed by atoms with E-state index in [9.17, 15) is 4.79 Å². The Kier molecular flexibility index (Phi) is 4.78. The van der Waals surface area contributed by atoms with E-state index in [0.717, 1.165) is 25.7 Å². The van der Waals surface area contributed by atoms with E-state index in [0.29, 0.717) is 12.5 Å². The molecular weight excluding hydrogens is 204 g/mol. The second-order valence-corrected chi connectivity index (χ2v) is 4.97. The van der Waals surface area contributed by atoms with Gasteiger partial charge in [-0.15, -0.1) is 0 Å². The number of methoxy groups -OCH3 is 1. The predicted octanol–water partition coefficient (Wildman–Crippen LogP) is 2.78. The van der Waals surface area contributed by atoms with E-state index in [1.165, 1.54) is 0 Å². The number of carbonyl (C=O) groups excluding carboxylic acids is 1. The molecule has 0 bridgehead atoms. The average Bonchev–Trinajstić information content (AvgIpc) is 2.29. The molecule has 1 saturated carbocycles. The van der Waals surface area contributed by atoms with E-state index in [1.807, 2.05) is 6.92 Å². The van der Waals surface area contributed by atoms with Crippen molar-refractivity contribution in [2.45, 2.75) is 52.1 Å². The summed E-state index contributed by atoms with van der Waals surface area (Å²) in [6.07, 6.45) is 3.85. The molecule has 0 heterocycles. The first-order valence-electron chi connectivity index (χ1n) is 6.27. The van der Waals surface area contributed by atoms with Crippen LogP contribution in [0.25, 0.3) is 0 Å². The lowest BCUT2D eigenvalue weighted by atomic mass is 9.72. The second kappa shape index (κ2) is 5.67. The van der Waals surface area contributed by atoms with Crippen LogP contribution in [0.2, 0.25) is 0 Å². The summed E-state index contributed by atoms with van der Waals surface area (Å²) >= 11 is 0. The first kappa shape index (κ1) is 13.5. The van der Waals surface area contributed by atoms with Crippen molar-refractivity contribution in [3.63, 3.8) is 0 Å². The molecule has 1 fully saturated rings. The van der Waals surface area contributed by atoms with E-state index in [2.05, 4.69) is 13.8 Å². The molecule has 0 aromatic heterocycles. The molecule has 0 radical (unpaired) electrons. The van der Waals surface area contributed by atoms with Gasteiger partial charge < -0.3 is 9.47 Å². The van der Waals surface area contributed by atoms with E-state index in [4.69, 9.17) is 9.47 Å². The lowest BCUT2D eigenvalue weighted by molar-refractivity contribution is -0.156. The highest BCUT2D eigenvalue weighted by atomic mass is 16.5. The molecule has 2 unspecified atom stereocenters. The van der Waals surface area contributed by atoms with E-state index >= 15 is 0 Å². The maximum absolute atomic E-state index is 11.7. The molecule has 0 aromatic carbocycles. The fourth-order valence-electron chi connectivity index (χ4n) is 2.68. The Morgan fingerprint density at radius 1 is 1.50 bits per heavy atom. The molecule has 3 nitrogen and oxygen atoms in total. The van der Waals surface area contributed by atoms with Gasteiger partial charge in [-0.3, -0.25) is 4.79 Å². The molecular formula is C13H24O3. The highest BCUT2D eigenvalue weighted by Gasteiger charge is 2.41. The van der Waals surface area contributed by atoms with Crippen molar-refractivity contribution in [3.05, 3.63) is 0 Å². The molecule has 1 aliphatic carbocycles. The van der Waals surface area contributed by atoms with Crippen LogP contribution in [0.3, 0.4) is 0 Å². The van der Waals surface area contributed by atoms with Gasteiger partial charge >= 0.3 is 5.97 Å². The van der Waals surface area contributed by atoms with Crippen molar-refractivity contribution >= 4 is 5.97 Å². The Morgan fingerprint density at radius 3 is 2.69 bits per heavy atom. The fourth-order valence-corrected chi connectivity index (χ4v) is 2.68. The molecule has 0 amide bonds. The average molecular weight is 228 g/mol. The van der Waals surface area contributed by atoms with Gasteiger partial charge in [-0.2, -0.15) is 0 Å². The molecule has 0 N–H and O–H groups in total. The van der Waals surface area contributed by atoms with Crippen LogP contribution in [0.1, 0.15) is 46.5 Å². The normalized spacial score (nSPS) is 30.4. The van der Waals surface area contributed by atoms with Crippen LogP contribution in [-0.4, -0.2) is 25.3 Å². The minimum absolute atomic E-state index is 0.0241. The number of hydrogen-bond donors (Lipinski definition) is 0. The summed E-state index contributed by atoms with van der Waals surface area (Å²) in [6.45, 7) is 6.65. The molecule has 16 heavy (non-hydrogen) atoms. The summed E-state index contributed by atoms with van der Waals surface area (Å²) < 4.78 is 10.8. The van der Waals surface area contributed by atoms with E-state index in [-0.39, 0.29) is 17.5 Å². The zero-order valence-electron chi connectivity index (χ0n) is 10.9. The van der Waals surface area contributed by atoms with E-state index < -0.39 is 0 Å². The lowest BCUT2D eigenvalue weighted by Crippen LogP contribution is -2.44. The van der Waals surface area contributed by atoms with Crippen LogP contribution in [0.5, 0.6) is 0 Å². The van der Waals surface area contributed by atoms with Crippen molar-refractivity contribution < 1.29 is 14.3 Å². The van der Waals surface area contributed by atoms with Crippen molar-refractivity contribution in [3.8, 4) is 0 Å². The topological polar surface area (TPSA) is 35.5 Å². The largest absolute Gasteiger partial charge is 0.466 e. The standard InChI is InChI=1S/C13H24O3/c1-5-16-12(14)11-7-6-8-13(9-11,15-4)10(2)3/h10-11H,5-9H2,1-4H3. The summed E-state index contributed by atoms with van der Waals surface area (Å²) in [7, 11) is 1.76. The van der Waals surface area contributed by atoms with Crippen LogP contribution in [0.4, 0.5) is 0 Å². The maximum atomic E-state index is 11.7. The Balaban J connectivity index is 2.68. The van der Waals surface area contributed by atoms with Crippen molar-refractivity contribution in [1.29, 1.82) is 0 Å². The Hall–Kier alpha value is -0.570. The van der Waals surface area contributed by atoms with E-state index in [1.54, 1.807) is 7.11 Å². The third kappa shape index (κ3) is 2.76. The molecule has 0 spiro atoms. The zero-order chi connectivity index (χ0) is 12.2. The Morgan fingerprint density at radius 2 is 2.19 bits per heavy atom. The number of ether oxygens (including phenoxy) is 2. The van der Waals surface area contributed by atoms with Crippen LogP contribution in [0.15, 0.2) is 0 Å². The fraction of sp³-hybridized carbons (Fsp3) is 0.923. The summed E-state index contributed by atoms with van der Waals surface area (Å²) in [6, 6.07) is 0. The number of carbonyl (C=O) groups is 1. The molecule has 1 rings (SSSR count). The summed E-state index contributed by atoms with van der Waals surface area (Å²) in [5.74, 6) is 0.412. The van der Waals surface area contributed by atoms with Gasteiger partial charge in [0.15, 0.2) is 0 Å². The smallest absolute Gasteiger partial charge is 0.309 e. The van der Waals surface area contributed by atoms with Gasteiger partial charge in [0, 0.05) is 7.11 Å². The van der Waals surface area contributed by atoms with Crippen molar-refractivity contribution in [2.24, 2.45) is 11.8 Å². The first-order valence-corrected chi connectivity index (χ1v) is 6.27. The second-order valence-electron chi connectivity index (χ2n) is 4.97. The first-order chi connectivity index (χ1) is 7.55. The summed E-state index contributed by atoms with van der Waals surface area (Å²) in [4.78, 5) is 11.7. The molecule has 2 atom stereocenters. The van der Waals surface area contributed by atoms with Crippen LogP contribution >= 0.6 is 0 Å². The number of hydrogen-bond acceptors (Lipinski definition) is 3. The van der Waals surface area contributed by atoms with Crippen molar-refractivity contribution in [2.75, 3.05) is 13.7 Å². The van der Waals surface area contributed by atoms with Gasteiger partial charge in [0.1, 0.15) is 0 Å². The third-order valence-electron chi connectivity index (χ3n) is 3.82. The van der Waals surface area contributed by atoms with Crippen LogP contribution in [-0.2, 0) is 14.3 Å². The summed E-state index contributed by atoms with van der Waals surface area (Å²) in [5, 5.41) is 0.